The van der Waals surface area contributed by atoms with Crippen molar-refractivity contribution in [2.75, 3.05) is 39.6 Å². The maximum absolute atomic E-state index is 12.9. The number of ether oxygens (including phenoxy) is 4. The summed E-state index contributed by atoms with van der Waals surface area (Å²) in [6.45, 7) is 11.4. The van der Waals surface area contributed by atoms with E-state index in [0.29, 0.717) is 43.4 Å². The van der Waals surface area contributed by atoms with Crippen molar-refractivity contribution in [3.05, 3.63) is 0 Å². The summed E-state index contributed by atoms with van der Waals surface area (Å²) in [6, 6.07) is 0. The molecule has 76 heavy (non-hydrogen) atoms. The van der Waals surface area contributed by atoms with Crippen LogP contribution < -0.4 is 0 Å². The van der Waals surface area contributed by atoms with E-state index in [1.807, 2.05) is 0 Å². The van der Waals surface area contributed by atoms with Crippen molar-refractivity contribution < 1.29 is 80.2 Å². The summed E-state index contributed by atoms with van der Waals surface area (Å²) >= 11 is 0. The van der Waals surface area contributed by atoms with Crippen molar-refractivity contribution in [3.8, 4) is 0 Å². The molecular weight excluding hydrogens is 1020 g/mol. The van der Waals surface area contributed by atoms with E-state index in [9.17, 15) is 43.2 Å². The van der Waals surface area contributed by atoms with E-state index < -0.39 is 97.5 Å². The maximum atomic E-state index is 12.9. The fraction of sp³-hybridized carbons (Fsp3) is 0.930. The number of aliphatic hydroxyl groups is 1. The fourth-order valence-corrected chi connectivity index (χ4v) is 9.82. The van der Waals surface area contributed by atoms with Crippen LogP contribution in [0.3, 0.4) is 0 Å². The number of phosphoric ester groups is 2. The number of hydrogen-bond donors (Lipinski definition) is 3. The SMILES string of the molecule is CCCCCCCCCCCC(=O)OC[C@H](COP(=O)(O)OC[C@H](O)COP(=O)(O)OC[C@@H](COC(=O)CCCCCCCCC(C)C)OC(=O)CCCCCCCCC(C)C)OC(=O)CCCCCCCCC(C)C. The average molecular weight is 1130 g/mol. The van der Waals surface area contributed by atoms with Crippen LogP contribution >= 0.6 is 15.6 Å². The highest BCUT2D eigenvalue weighted by atomic mass is 31.2. The second-order valence-electron chi connectivity index (χ2n) is 22.1. The van der Waals surface area contributed by atoms with E-state index in [-0.39, 0.29) is 25.7 Å². The lowest BCUT2D eigenvalue weighted by Gasteiger charge is -2.21. The molecule has 0 bridgehead atoms. The third-order valence-corrected chi connectivity index (χ3v) is 14.8. The average Bonchev–Trinajstić information content (AvgIpc) is 3.36. The normalized spacial score (nSPS) is 14.6. The van der Waals surface area contributed by atoms with Gasteiger partial charge in [0.05, 0.1) is 26.4 Å². The highest BCUT2D eigenvalue weighted by Crippen LogP contribution is 2.45. The van der Waals surface area contributed by atoms with Gasteiger partial charge in [0, 0.05) is 25.7 Å². The highest BCUT2D eigenvalue weighted by Gasteiger charge is 2.30. The first-order valence-corrected chi connectivity index (χ1v) is 32.8. The number of rotatable bonds is 55. The first-order chi connectivity index (χ1) is 36.2. The van der Waals surface area contributed by atoms with Gasteiger partial charge in [0.2, 0.25) is 0 Å². The van der Waals surface area contributed by atoms with E-state index in [2.05, 4.69) is 48.5 Å². The van der Waals surface area contributed by atoms with E-state index >= 15 is 0 Å². The quantitative estimate of drug-likeness (QED) is 0.0222. The summed E-state index contributed by atoms with van der Waals surface area (Å²) in [5, 5.41) is 10.5. The molecule has 0 fully saturated rings. The molecule has 0 aromatic carbocycles. The zero-order chi connectivity index (χ0) is 56.7. The molecule has 3 N–H and O–H groups in total. The van der Waals surface area contributed by atoms with E-state index in [1.54, 1.807) is 0 Å². The van der Waals surface area contributed by atoms with Crippen LogP contribution in [0, 0.1) is 17.8 Å². The summed E-state index contributed by atoms with van der Waals surface area (Å²) in [6.07, 6.45) is 27.1. The number of carbonyl (C=O) groups is 4. The van der Waals surface area contributed by atoms with Gasteiger partial charge in [0.15, 0.2) is 12.2 Å². The molecule has 450 valence electrons. The molecule has 5 atom stereocenters. The predicted octanol–water partition coefficient (Wildman–Crippen LogP) is 14.8. The van der Waals surface area contributed by atoms with Gasteiger partial charge in [-0.1, -0.05) is 215 Å². The summed E-state index contributed by atoms with van der Waals surface area (Å²) in [5.41, 5.74) is 0. The van der Waals surface area contributed by atoms with Crippen LogP contribution in [0.15, 0.2) is 0 Å². The minimum atomic E-state index is -4.93. The Bertz CT molecular complexity index is 1530. The van der Waals surface area contributed by atoms with Crippen molar-refractivity contribution in [3.63, 3.8) is 0 Å². The predicted molar refractivity (Wildman–Crippen MR) is 298 cm³/mol. The van der Waals surface area contributed by atoms with Crippen LogP contribution in [0.25, 0.3) is 0 Å². The lowest BCUT2D eigenvalue weighted by Crippen LogP contribution is -2.30. The Morgan fingerprint density at radius 3 is 0.895 bits per heavy atom. The molecular formula is C57H110O17P2. The monoisotopic (exact) mass is 1130 g/mol. The summed E-state index contributed by atoms with van der Waals surface area (Å²) in [5.74, 6) is -0.138. The Morgan fingerprint density at radius 1 is 0.355 bits per heavy atom. The van der Waals surface area contributed by atoms with Crippen molar-refractivity contribution in [2.45, 2.75) is 285 Å². The molecule has 0 aliphatic heterocycles. The van der Waals surface area contributed by atoms with E-state index in [0.717, 1.165) is 96.3 Å². The standard InChI is InChI=1S/C57H110O17P2/c1-8-9-10-11-12-13-14-24-31-38-54(59)67-44-52(73-56(61)40-33-26-19-16-22-29-36-49(4)5)46-71-75(63,64)69-42-51(58)43-70-76(65,66)72-47-53(74-57(62)41-34-27-20-17-23-30-37-50(6)7)45-68-55(60)39-32-25-18-15-21-28-35-48(2)3/h48-53,58H,8-47H2,1-7H3,(H,63,64)(H,65,66)/t51-,52+,53+/m0/s1. The molecule has 0 aliphatic rings. The second-order valence-corrected chi connectivity index (χ2v) is 25.0. The topological polar surface area (TPSA) is 237 Å². The Morgan fingerprint density at radius 2 is 0.605 bits per heavy atom. The van der Waals surface area contributed by atoms with Gasteiger partial charge in [-0.05, 0) is 43.4 Å². The van der Waals surface area contributed by atoms with Gasteiger partial charge in [0.1, 0.15) is 19.3 Å². The number of phosphoric acid groups is 2. The van der Waals surface area contributed by atoms with Gasteiger partial charge in [-0.15, -0.1) is 0 Å². The summed E-state index contributed by atoms with van der Waals surface area (Å²) in [7, 11) is -9.87. The number of carbonyl (C=O) groups excluding carboxylic acids is 4. The third kappa shape index (κ3) is 51.5. The fourth-order valence-electron chi connectivity index (χ4n) is 8.24. The van der Waals surface area contributed by atoms with Crippen LogP contribution in [0.4, 0.5) is 0 Å². The van der Waals surface area contributed by atoms with E-state index in [4.69, 9.17) is 37.0 Å². The molecule has 0 saturated heterocycles. The zero-order valence-electron chi connectivity index (χ0n) is 48.7. The molecule has 0 rings (SSSR count). The smallest absolute Gasteiger partial charge is 0.462 e. The van der Waals surface area contributed by atoms with Crippen molar-refractivity contribution in [1.29, 1.82) is 0 Å². The molecule has 0 aromatic heterocycles. The van der Waals surface area contributed by atoms with Gasteiger partial charge in [0.25, 0.3) is 0 Å². The molecule has 19 heteroatoms. The van der Waals surface area contributed by atoms with Gasteiger partial charge in [-0.25, -0.2) is 9.13 Å². The maximum Gasteiger partial charge on any atom is 0.472 e. The number of esters is 4. The molecule has 0 aromatic rings. The van der Waals surface area contributed by atoms with Crippen molar-refractivity contribution in [2.24, 2.45) is 17.8 Å². The summed E-state index contributed by atoms with van der Waals surface area (Å²) in [4.78, 5) is 71.7. The first-order valence-electron chi connectivity index (χ1n) is 29.8. The largest absolute Gasteiger partial charge is 0.472 e. The number of unbranched alkanes of at least 4 members (excludes halogenated alkanes) is 23. The Hall–Kier alpha value is -1.94. The van der Waals surface area contributed by atoms with Crippen molar-refractivity contribution >= 4 is 39.5 Å². The lowest BCUT2D eigenvalue weighted by molar-refractivity contribution is -0.161. The van der Waals surface area contributed by atoms with Crippen molar-refractivity contribution in [1.82, 2.24) is 0 Å². The molecule has 0 radical (unpaired) electrons. The van der Waals surface area contributed by atoms with Crippen LogP contribution in [0.5, 0.6) is 0 Å². The van der Waals surface area contributed by atoms with Crippen LogP contribution in [-0.4, -0.2) is 96.7 Å². The van der Waals surface area contributed by atoms with Gasteiger partial charge in [-0.2, -0.15) is 0 Å². The number of hydrogen-bond acceptors (Lipinski definition) is 15. The molecule has 0 heterocycles. The molecule has 0 aliphatic carbocycles. The molecule has 0 saturated carbocycles. The van der Waals surface area contributed by atoms with Crippen LogP contribution in [-0.2, 0) is 65.4 Å². The zero-order valence-corrected chi connectivity index (χ0v) is 50.5. The van der Waals surface area contributed by atoms with Crippen LogP contribution in [0.1, 0.15) is 267 Å². The first kappa shape index (κ1) is 74.1. The Kier molecular flexibility index (Phi) is 47.7. The Labute approximate surface area is 460 Å². The molecule has 0 spiro atoms. The minimum Gasteiger partial charge on any atom is -0.462 e. The summed E-state index contributed by atoms with van der Waals surface area (Å²) < 4.78 is 67.5. The van der Waals surface area contributed by atoms with Gasteiger partial charge < -0.3 is 33.8 Å². The molecule has 2 unspecified atom stereocenters. The van der Waals surface area contributed by atoms with Gasteiger partial charge in [-0.3, -0.25) is 37.3 Å². The third-order valence-electron chi connectivity index (χ3n) is 12.9. The second kappa shape index (κ2) is 48.9. The Balaban J connectivity index is 5.23. The highest BCUT2D eigenvalue weighted by molar-refractivity contribution is 7.47. The van der Waals surface area contributed by atoms with E-state index in [1.165, 1.54) is 70.6 Å². The molecule has 0 amide bonds. The lowest BCUT2D eigenvalue weighted by atomic mass is 10.0. The number of aliphatic hydroxyl groups excluding tert-OH is 1. The van der Waals surface area contributed by atoms with Gasteiger partial charge >= 0.3 is 39.5 Å². The molecule has 17 nitrogen and oxygen atoms in total. The minimum absolute atomic E-state index is 0.100. The van der Waals surface area contributed by atoms with Crippen LogP contribution in [0.2, 0.25) is 0 Å².